The predicted molar refractivity (Wildman–Crippen MR) is 79.2 cm³/mol. The summed E-state index contributed by atoms with van der Waals surface area (Å²) in [6.45, 7) is 3.77. The molecule has 2 aromatic carbocycles. The zero-order chi connectivity index (χ0) is 13.5. The number of rotatable bonds is 6. The Morgan fingerprint density at radius 1 is 1.00 bits per heavy atom. The van der Waals surface area contributed by atoms with Gasteiger partial charge in [0.1, 0.15) is 0 Å². The van der Waals surface area contributed by atoms with Crippen LogP contribution in [-0.4, -0.2) is 5.78 Å². The van der Waals surface area contributed by atoms with Crippen LogP contribution in [0.25, 0.3) is 0 Å². The van der Waals surface area contributed by atoms with E-state index in [0.29, 0.717) is 6.42 Å². The average molecular weight is 250 g/mol. The van der Waals surface area contributed by atoms with Gasteiger partial charge in [0, 0.05) is 11.5 Å². The first-order valence-corrected chi connectivity index (χ1v) is 6.55. The fourth-order valence-corrected chi connectivity index (χ4v) is 2.22. The van der Waals surface area contributed by atoms with Crippen LogP contribution in [0, 0.1) is 5.92 Å². The summed E-state index contributed by atoms with van der Waals surface area (Å²) in [5, 5.41) is 0. The molecule has 0 aliphatic heterocycles. The molecule has 0 aromatic heterocycles. The second-order valence-electron chi connectivity index (χ2n) is 4.64. The highest BCUT2D eigenvalue weighted by Crippen LogP contribution is 2.18. The van der Waals surface area contributed by atoms with Gasteiger partial charge in [-0.3, -0.25) is 4.79 Å². The Bertz CT molecular complexity index is 528. The first-order valence-electron chi connectivity index (χ1n) is 6.55. The second-order valence-corrected chi connectivity index (χ2v) is 4.64. The molecule has 2 aromatic rings. The Balaban J connectivity index is 2.16. The van der Waals surface area contributed by atoms with E-state index in [1.165, 1.54) is 5.56 Å². The van der Waals surface area contributed by atoms with Gasteiger partial charge in [0.2, 0.25) is 0 Å². The van der Waals surface area contributed by atoms with Crippen LogP contribution in [0.5, 0.6) is 0 Å². The van der Waals surface area contributed by atoms with Crippen molar-refractivity contribution in [1.29, 1.82) is 0 Å². The number of allylic oxidation sites excluding steroid dienone is 1. The van der Waals surface area contributed by atoms with Crippen molar-refractivity contribution in [1.82, 2.24) is 0 Å². The minimum absolute atomic E-state index is 0.0256. The van der Waals surface area contributed by atoms with Crippen LogP contribution >= 0.6 is 0 Å². The lowest BCUT2D eigenvalue weighted by atomic mass is 9.89. The molecule has 0 saturated heterocycles. The van der Waals surface area contributed by atoms with E-state index < -0.39 is 0 Å². The van der Waals surface area contributed by atoms with E-state index in [9.17, 15) is 4.79 Å². The summed E-state index contributed by atoms with van der Waals surface area (Å²) < 4.78 is 0. The van der Waals surface area contributed by atoms with Crippen molar-refractivity contribution in [2.45, 2.75) is 12.8 Å². The largest absolute Gasteiger partial charge is 0.294 e. The van der Waals surface area contributed by atoms with Gasteiger partial charge >= 0.3 is 0 Å². The second kappa shape index (κ2) is 6.69. The third kappa shape index (κ3) is 3.65. The van der Waals surface area contributed by atoms with Crippen molar-refractivity contribution in [3.63, 3.8) is 0 Å². The topological polar surface area (TPSA) is 17.1 Å². The Morgan fingerprint density at radius 3 is 2.16 bits per heavy atom. The van der Waals surface area contributed by atoms with Crippen molar-refractivity contribution < 1.29 is 4.79 Å². The average Bonchev–Trinajstić information content (AvgIpc) is 2.48. The van der Waals surface area contributed by atoms with E-state index in [-0.39, 0.29) is 11.7 Å². The first-order chi connectivity index (χ1) is 9.31. The molecular weight excluding hydrogens is 232 g/mol. The molecule has 1 nitrogen and oxygen atoms in total. The van der Waals surface area contributed by atoms with Crippen molar-refractivity contribution >= 4 is 5.78 Å². The quantitative estimate of drug-likeness (QED) is 0.551. The number of hydrogen-bond donors (Lipinski definition) is 0. The normalized spacial score (nSPS) is 11.8. The maximum absolute atomic E-state index is 12.5. The standard InChI is InChI=1S/C18H18O/c1-2-9-17(14-15-10-5-3-6-11-15)18(19)16-12-7-4-8-13-16/h2-8,10-13,17H,1,9,14H2. The SMILES string of the molecule is C=CCC(Cc1ccccc1)C(=O)c1ccccc1. The first kappa shape index (κ1) is 13.3. The number of ketones is 1. The lowest BCUT2D eigenvalue weighted by molar-refractivity contribution is 0.0920. The van der Waals surface area contributed by atoms with Crippen molar-refractivity contribution in [2.75, 3.05) is 0 Å². The van der Waals surface area contributed by atoms with E-state index in [4.69, 9.17) is 0 Å². The van der Waals surface area contributed by atoms with Crippen LogP contribution < -0.4 is 0 Å². The fourth-order valence-electron chi connectivity index (χ4n) is 2.22. The summed E-state index contributed by atoms with van der Waals surface area (Å²) in [6, 6.07) is 19.6. The van der Waals surface area contributed by atoms with E-state index in [2.05, 4.69) is 18.7 Å². The zero-order valence-corrected chi connectivity index (χ0v) is 11.0. The molecule has 19 heavy (non-hydrogen) atoms. The van der Waals surface area contributed by atoms with Gasteiger partial charge in [-0.1, -0.05) is 66.7 Å². The fraction of sp³-hybridized carbons (Fsp3) is 0.167. The molecule has 1 unspecified atom stereocenters. The third-order valence-electron chi connectivity index (χ3n) is 3.21. The van der Waals surface area contributed by atoms with Crippen LogP contribution in [0.2, 0.25) is 0 Å². The molecule has 0 bridgehead atoms. The molecule has 96 valence electrons. The van der Waals surface area contributed by atoms with E-state index in [1.54, 1.807) is 0 Å². The molecule has 0 saturated carbocycles. The van der Waals surface area contributed by atoms with Gasteiger partial charge in [-0.25, -0.2) is 0 Å². The highest BCUT2D eigenvalue weighted by atomic mass is 16.1. The highest BCUT2D eigenvalue weighted by Gasteiger charge is 2.18. The van der Waals surface area contributed by atoms with E-state index >= 15 is 0 Å². The molecule has 0 spiro atoms. The minimum atomic E-state index is -0.0256. The maximum atomic E-state index is 12.5. The predicted octanol–water partition coefficient (Wildman–Crippen LogP) is 4.30. The van der Waals surface area contributed by atoms with Crippen molar-refractivity contribution in [2.24, 2.45) is 5.92 Å². The molecular formula is C18H18O. The molecule has 0 radical (unpaired) electrons. The number of Topliss-reactive ketones (excluding diaryl/α,β-unsaturated/α-hetero) is 1. The molecule has 0 aliphatic carbocycles. The molecule has 2 rings (SSSR count). The van der Waals surface area contributed by atoms with Crippen molar-refractivity contribution in [3.05, 3.63) is 84.4 Å². The summed E-state index contributed by atoms with van der Waals surface area (Å²) in [7, 11) is 0. The number of carbonyl (C=O) groups is 1. The molecule has 1 atom stereocenters. The Hall–Kier alpha value is -2.15. The number of carbonyl (C=O) groups excluding carboxylic acids is 1. The molecule has 0 fully saturated rings. The molecule has 0 aliphatic rings. The van der Waals surface area contributed by atoms with Crippen LogP contribution in [0.1, 0.15) is 22.3 Å². The monoisotopic (exact) mass is 250 g/mol. The van der Waals surface area contributed by atoms with Crippen LogP contribution in [0.3, 0.4) is 0 Å². The summed E-state index contributed by atoms with van der Waals surface area (Å²) in [5.74, 6) is 0.173. The minimum Gasteiger partial charge on any atom is -0.294 e. The highest BCUT2D eigenvalue weighted by molar-refractivity contribution is 5.98. The molecule has 0 heterocycles. The third-order valence-corrected chi connectivity index (χ3v) is 3.21. The maximum Gasteiger partial charge on any atom is 0.166 e. The van der Waals surface area contributed by atoms with Gasteiger partial charge in [-0.05, 0) is 18.4 Å². The van der Waals surface area contributed by atoms with Gasteiger partial charge in [0.25, 0.3) is 0 Å². The zero-order valence-electron chi connectivity index (χ0n) is 11.0. The Kier molecular flexibility index (Phi) is 4.68. The van der Waals surface area contributed by atoms with Gasteiger partial charge in [0.05, 0.1) is 0 Å². The number of hydrogen-bond acceptors (Lipinski definition) is 1. The van der Waals surface area contributed by atoms with Gasteiger partial charge in [-0.2, -0.15) is 0 Å². The van der Waals surface area contributed by atoms with Crippen LogP contribution in [0.15, 0.2) is 73.3 Å². The molecule has 0 amide bonds. The van der Waals surface area contributed by atoms with Crippen LogP contribution in [0.4, 0.5) is 0 Å². The Morgan fingerprint density at radius 2 is 1.58 bits per heavy atom. The van der Waals surface area contributed by atoms with E-state index in [1.807, 2.05) is 54.6 Å². The summed E-state index contributed by atoms with van der Waals surface area (Å²) in [4.78, 5) is 12.5. The summed E-state index contributed by atoms with van der Waals surface area (Å²) in [5.41, 5.74) is 1.98. The van der Waals surface area contributed by atoms with Gasteiger partial charge in [0.15, 0.2) is 5.78 Å². The van der Waals surface area contributed by atoms with Crippen molar-refractivity contribution in [3.8, 4) is 0 Å². The molecule has 1 heteroatoms. The number of benzene rings is 2. The summed E-state index contributed by atoms with van der Waals surface area (Å²) in [6.07, 6.45) is 3.30. The Labute approximate surface area is 114 Å². The van der Waals surface area contributed by atoms with Gasteiger partial charge < -0.3 is 0 Å². The van der Waals surface area contributed by atoms with Crippen LogP contribution in [-0.2, 0) is 6.42 Å². The smallest absolute Gasteiger partial charge is 0.166 e. The van der Waals surface area contributed by atoms with E-state index in [0.717, 1.165) is 12.0 Å². The lowest BCUT2D eigenvalue weighted by Crippen LogP contribution is -2.16. The molecule has 0 N–H and O–H groups in total. The summed E-state index contributed by atoms with van der Waals surface area (Å²) >= 11 is 0. The lowest BCUT2D eigenvalue weighted by Gasteiger charge is -2.14. The van der Waals surface area contributed by atoms with Gasteiger partial charge in [-0.15, -0.1) is 6.58 Å².